The molecule has 0 rings (SSSR count). The molecule has 0 aromatic rings. The van der Waals surface area contributed by atoms with Gasteiger partial charge in [-0.05, 0) is 34.2 Å². The van der Waals surface area contributed by atoms with Gasteiger partial charge in [-0.25, -0.2) is 0 Å². The Labute approximate surface area is 80.8 Å². The van der Waals surface area contributed by atoms with E-state index in [1.165, 1.54) is 0 Å². The van der Waals surface area contributed by atoms with Crippen LogP contribution in [0.2, 0.25) is 0 Å². The average molecular weight is 187 g/mol. The molecule has 0 spiro atoms. The van der Waals surface area contributed by atoms with Gasteiger partial charge in [0.2, 0.25) is 0 Å². The van der Waals surface area contributed by atoms with Gasteiger partial charge in [0.15, 0.2) is 0 Å². The number of hydrogen-bond donors (Lipinski definition) is 1. The topological polar surface area (TPSA) is 38.3 Å². The molecule has 0 aliphatic carbocycles. The van der Waals surface area contributed by atoms with Gasteiger partial charge >= 0.3 is 5.97 Å². The number of carbonyl (C=O) groups is 1. The molecule has 1 N–H and O–H groups in total. The van der Waals surface area contributed by atoms with E-state index in [1.54, 1.807) is 7.05 Å². The first-order valence-corrected chi connectivity index (χ1v) is 4.81. The molecule has 0 bridgehead atoms. The van der Waals surface area contributed by atoms with E-state index in [9.17, 15) is 4.79 Å². The van der Waals surface area contributed by atoms with Crippen LogP contribution in [0.3, 0.4) is 0 Å². The number of nitrogens with one attached hydrogen (secondary N) is 1. The van der Waals surface area contributed by atoms with Crippen LogP contribution in [0.15, 0.2) is 0 Å². The van der Waals surface area contributed by atoms with E-state index in [-0.39, 0.29) is 17.6 Å². The highest BCUT2D eigenvalue weighted by Crippen LogP contribution is 2.10. The van der Waals surface area contributed by atoms with Gasteiger partial charge in [-0.3, -0.25) is 4.79 Å². The molecule has 0 radical (unpaired) electrons. The van der Waals surface area contributed by atoms with Crippen molar-refractivity contribution >= 4 is 5.97 Å². The number of likely N-dealkylation sites (N-methyl/N-ethyl adjacent to an activating group) is 1. The Bertz CT molecular complexity index is 161. The van der Waals surface area contributed by atoms with Crippen molar-refractivity contribution in [2.45, 2.75) is 52.2 Å². The summed E-state index contributed by atoms with van der Waals surface area (Å²) in [4.78, 5) is 11.5. The lowest BCUT2D eigenvalue weighted by atomic mass is 10.1. The van der Waals surface area contributed by atoms with E-state index in [2.05, 4.69) is 12.2 Å². The summed E-state index contributed by atoms with van der Waals surface area (Å²) in [6.07, 6.45) is 1.80. The van der Waals surface area contributed by atoms with Crippen molar-refractivity contribution in [3.05, 3.63) is 0 Å². The molecule has 0 fully saturated rings. The lowest BCUT2D eigenvalue weighted by molar-refractivity contribution is -0.157. The summed E-state index contributed by atoms with van der Waals surface area (Å²) in [6.45, 7) is 7.69. The predicted octanol–water partition coefficient (Wildman–Crippen LogP) is 1.72. The van der Waals surface area contributed by atoms with Gasteiger partial charge in [0.25, 0.3) is 0 Å². The first-order chi connectivity index (χ1) is 5.90. The van der Waals surface area contributed by atoms with Crippen molar-refractivity contribution in [2.24, 2.45) is 0 Å². The third-order valence-electron chi connectivity index (χ3n) is 1.62. The molecule has 1 unspecified atom stereocenters. The molecular weight excluding hydrogens is 166 g/mol. The van der Waals surface area contributed by atoms with Crippen LogP contribution in [-0.2, 0) is 9.53 Å². The van der Waals surface area contributed by atoms with Crippen LogP contribution in [-0.4, -0.2) is 24.7 Å². The van der Waals surface area contributed by atoms with Crippen LogP contribution in [0, 0.1) is 0 Å². The molecule has 3 heteroatoms. The van der Waals surface area contributed by atoms with Crippen molar-refractivity contribution in [3.8, 4) is 0 Å². The lowest BCUT2D eigenvalue weighted by Gasteiger charge is -2.23. The van der Waals surface area contributed by atoms with Crippen molar-refractivity contribution in [1.29, 1.82) is 0 Å². The number of rotatable bonds is 4. The molecule has 0 saturated heterocycles. The Morgan fingerprint density at radius 1 is 1.46 bits per heavy atom. The minimum Gasteiger partial charge on any atom is -0.459 e. The summed E-state index contributed by atoms with van der Waals surface area (Å²) in [6, 6.07) is -0.163. The van der Waals surface area contributed by atoms with Crippen LogP contribution in [0.4, 0.5) is 0 Å². The normalized spacial score (nSPS) is 13.9. The zero-order valence-electron chi connectivity index (χ0n) is 9.31. The fraction of sp³-hybridized carbons (Fsp3) is 0.900. The van der Waals surface area contributed by atoms with E-state index < -0.39 is 0 Å². The molecule has 0 heterocycles. The van der Waals surface area contributed by atoms with Crippen molar-refractivity contribution in [1.82, 2.24) is 5.32 Å². The molecule has 0 aromatic heterocycles. The maximum Gasteiger partial charge on any atom is 0.323 e. The molecule has 0 aromatic carbocycles. The SMILES string of the molecule is CCCC(NC)C(=O)OC(C)(C)C. The van der Waals surface area contributed by atoms with Gasteiger partial charge in [-0.1, -0.05) is 13.3 Å². The zero-order chi connectivity index (χ0) is 10.5. The van der Waals surface area contributed by atoms with E-state index in [0.29, 0.717) is 0 Å². The Kier molecular flexibility index (Phi) is 4.99. The van der Waals surface area contributed by atoms with Crippen LogP contribution in [0.25, 0.3) is 0 Å². The quantitative estimate of drug-likeness (QED) is 0.681. The van der Waals surface area contributed by atoms with Gasteiger partial charge in [0.1, 0.15) is 11.6 Å². The van der Waals surface area contributed by atoms with E-state index in [1.807, 2.05) is 20.8 Å². The van der Waals surface area contributed by atoms with Gasteiger partial charge < -0.3 is 10.1 Å². The monoisotopic (exact) mass is 187 g/mol. The second-order valence-electron chi connectivity index (χ2n) is 4.16. The second-order valence-corrected chi connectivity index (χ2v) is 4.16. The minimum absolute atomic E-state index is 0.156. The summed E-state index contributed by atoms with van der Waals surface area (Å²) in [5.74, 6) is -0.156. The van der Waals surface area contributed by atoms with Crippen LogP contribution >= 0.6 is 0 Å². The van der Waals surface area contributed by atoms with Crippen LogP contribution < -0.4 is 5.32 Å². The number of hydrogen-bond acceptors (Lipinski definition) is 3. The molecule has 13 heavy (non-hydrogen) atoms. The fourth-order valence-corrected chi connectivity index (χ4v) is 1.04. The fourth-order valence-electron chi connectivity index (χ4n) is 1.04. The Balaban J connectivity index is 4.06. The standard InChI is InChI=1S/C10H21NO2/c1-6-7-8(11-5)9(12)13-10(2,3)4/h8,11H,6-7H2,1-5H3. The van der Waals surface area contributed by atoms with E-state index in [4.69, 9.17) is 4.74 Å². The molecule has 1 atom stereocenters. The molecule has 0 aliphatic rings. The zero-order valence-corrected chi connectivity index (χ0v) is 9.31. The largest absolute Gasteiger partial charge is 0.459 e. The molecule has 0 aliphatic heterocycles. The highest BCUT2D eigenvalue weighted by atomic mass is 16.6. The summed E-state index contributed by atoms with van der Waals surface area (Å²) < 4.78 is 5.24. The van der Waals surface area contributed by atoms with Crippen molar-refractivity contribution < 1.29 is 9.53 Å². The predicted molar refractivity (Wildman–Crippen MR) is 53.6 cm³/mol. The Morgan fingerprint density at radius 2 is 2.00 bits per heavy atom. The average Bonchev–Trinajstić information content (AvgIpc) is 1.96. The Morgan fingerprint density at radius 3 is 2.31 bits per heavy atom. The Hall–Kier alpha value is -0.570. The van der Waals surface area contributed by atoms with Gasteiger partial charge in [-0.15, -0.1) is 0 Å². The minimum atomic E-state index is -0.389. The van der Waals surface area contributed by atoms with Gasteiger partial charge in [0, 0.05) is 0 Å². The summed E-state index contributed by atoms with van der Waals surface area (Å²) >= 11 is 0. The summed E-state index contributed by atoms with van der Waals surface area (Å²) in [7, 11) is 1.78. The maximum absolute atomic E-state index is 11.5. The molecular formula is C10H21NO2. The highest BCUT2D eigenvalue weighted by Gasteiger charge is 2.22. The van der Waals surface area contributed by atoms with Gasteiger partial charge in [0.05, 0.1) is 0 Å². The number of carbonyl (C=O) groups excluding carboxylic acids is 1. The van der Waals surface area contributed by atoms with Gasteiger partial charge in [-0.2, -0.15) is 0 Å². The molecule has 78 valence electrons. The van der Waals surface area contributed by atoms with E-state index >= 15 is 0 Å². The molecule has 0 saturated carbocycles. The molecule has 0 amide bonds. The third-order valence-corrected chi connectivity index (χ3v) is 1.62. The van der Waals surface area contributed by atoms with E-state index in [0.717, 1.165) is 12.8 Å². The maximum atomic E-state index is 11.5. The summed E-state index contributed by atoms with van der Waals surface area (Å²) in [5, 5.41) is 2.95. The third kappa shape index (κ3) is 5.64. The number of esters is 1. The summed E-state index contributed by atoms with van der Waals surface area (Å²) in [5.41, 5.74) is -0.389. The second kappa shape index (κ2) is 5.22. The number of ether oxygens (including phenoxy) is 1. The van der Waals surface area contributed by atoms with Crippen molar-refractivity contribution in [3.63, 3.8) is 0 Å². The lowest BCUT2D eigenvalue weighted by Crippen LogP contribution is -2.39. The first kappa shape index (κ1) is 12.4. The molecule has 3 nitrogen and oxygen atoms in total. The smallest absolute Gasteiger partial charge is 0.323 e. The van der Waals surface area contributed by atoms with Crippen LogP contribution in [0.1, 0.15) is 40.5 Å². The first-order valence-electron chi connectivity index (χ1n) is 4.81. The van der Waals surface area contributed by atoms with Crippen LogP contribution in [0.5, 0.6) is 0 Å². The highest BCUT2D eigenvalue weighted by molar-refractivity contribution is 5.76. The van der Waals surface area contributed by atoms with Crippen molar-refractivity contribution in [2.75, 3.05) is 7.05 Å².